The molecule has 1 aromatic carbocycles. The van der Waals surface area contributed by atoms with Crippen molar-refractivity contribution in [1.82, 2.24) is 0 Å². The van der Waals surface area contributed by atoms with Gasteiger partial charge in [0.05, 0.1) is 0 Å². The fourth-order valence-electron chi connectivity index (χ4n) is 0.947. The minimum absolute atomic E-state index is 0.0869. The van der Waals surface area contributed by atoms with E-state index in [0.717, 1.165) is 5.56 Å². The van der Waals surface area contributed by atoms with Crippen molar-refractivity contribution in [3.63, 3.8) is 0 Å². The third-order valence-corrected chi connectivity index (χ3v) is 1.59. The minimum Gasteiger partial charge on any atom is -0.398 e. The molecule has 3 N–H and O–H groups in total. The Bertz CT molecular complexity index is 361. The Labute approximate surface area is 70.9 Å². The number of anilines is 1. The van der Waals surface area contributed by atoms with Crippen molar-refractivity contribution >= 4 is 11.4 Å². The molecule has 0 aliphatic rings. The van der Waals surface area contributed by atoms with E-state index in [-0.39, 0.29) is 5.71 Å². The Balaban J connectivity index is 3.25. The van der Waals surface area contributed by atoms with Gasteiger partial charge < -0.3 is 5.73 Å². The summed E-state index contributed by atoms with van der Waals surface area (Å²) in [6.07, 6.45) is 0. The van der Waals surface area contributed by atoms with E-state index in [9.17, 15) is 0 Å². The van der Waals surface area contributed by atoms with Crippen molar-refractivity contribution in [2.75, 3.05) is 5.73 Å². The van der Waals surface area contributed by atoms with Crippen LogP contribution >= 0.6 is 0 Å². The van der Waals surface area contributed by atoms with E-state index in [1.54, 1.807) is 18.2 Å². The fraction of sp³-hybridized carbons (Fsp3) is 0.111. The summed E-state index contributed by atoms with van der Waals surface area (Å²) < 4.78 is 0. The zero-order valence-electron chi connectivity index (χ0n) is 6.76. The van der Waals surface area contributed by atoms with E-state index in [1.807, 2.05) is 13.0 Å². The van der Waals surface area contributed by atoms with Crippen LogP contribution in [0.1, 0.15) is 11.1 Å². The third kappa shape index (κ3) is 1.43. The highest BCUT2D eigenvalue weighted by Crippen LogP contribution is 2.13. The quantitative estimate of drug-likeness (QED) is 0.481. The number of hydrogen-bond acceptors (Lipinski definition) is 3. The van der Waals surface area contributed by atoms with Crippen molar-refractivity contribution in [3.05, 3.63) is 29.3 Å². The maximum Gasteiger partial charge on any atom is 0.141 e. The molecule has 0 spiro atoms. The van der Waals surface area contributed by atoms with Crippen LogP contribution in [0.25, 0.3) is 0 Å². The molecule has 0 aliphatic carbocycles. The Morgan fingerprint density at radius 1 is 1.58 bits per heavy atom. The molecule has 3 heteroatoms. The molecule has 0 heterocycles. The van der Waals surface area contributed by atoms with Gasteiger partial charge >= 0.3 is 0 Å². The molecule has 1 rings (SSSR count). The molecular weight excluding hydrogens is 150 g/mol. The second kappa shape index (κ2) is 3.05. The first-order valence-corrected chi connectivity index (χ1v) is 3.50. The molecule has 3 nitrogen and oxygen atoms in total. The number of nitrogens with zero attached hydrogens (tertiary/aromatic N) is 1. The number of rotatable bonds is 1. The van der Waals surface area contributed by atoms with E-state index in [1.165, 1.54) is 0 Å². The molecule has 12 heavy (non-hydrogen) atoms. The zero-order chi connectivity index (χ0) is 9.14. The van der Waals surface area contributed by atoms with E-state index in [0.29, 0.717) is 11.3 Å². The summed E-state index contributed by atoms with van der Waals surface area (Å²) in [5.74, 6) is 0. The zero-order valence-corrected chi connectivity index (χ0v) is 6.76. The second-order valence-electron chi connectivity index (χ2n) is 2.58. The molecule has 0 amide bonds. The van der Waals surface area contributed by atoms with Crippen molar-refractivity contribution in [2.45, 2.75) is 6.92 Å². The predicted molar refractivity (Wildman–Crippen MR) is 48.0 cm³/mol. The lowest BCUT2D eigenvalue weighted by atomic mass is 10.1. The van der Waals surface area contributed by atoms with Gasteiger partial charge in [-0.2, -0.15) is 5.26 Å². The summed E-state index contributed by atoms with van der Waals surface area (Å²) in [4.78, 5) is 0. The average molecular weight is 159 g/mol. The first-order chi connectivity index (χ1) is 5.65. The molecule has 0 aliphatic heterocycles. The summed E-state index contributed by atoms with van der Waals surface area (Å²) >= 11 is 0. The summed E-state index contributed by atoms with van der Waals surface area (Å²) in [5.41, 5.74) is 7.48. The van der Waals surface area contributed by atoms with Crippen molar-refractivity contribution in [3.8, 4) is 6.07 Å². The number of benzene rings is 1. The van der Waals surface area contributed by atoms with E-state index < -0.39 is 0 Å². The molecular formula is C9H9N3. The van der Waals surface area contributed by atoms with Crippen molar-refractivity contribution in [2.24, 2.45) is 0 Å². The number of nitrogen functional groups attached to an aromatic ring is 1. The van der Waals surface area contributed by atoms with Crippen molar-refractivity contribution in [1.29, 1.82) is 10.7 Å². The number of hydrogen-bond donors (Lipinski definition) is 2. The van der Waals surface area contributed by atoms with Crippen LogP contribution in [0.4, 0.5) is 5.69 Å². The van der Waals surface area contributed by atoms with Crippen LogP contribution in [0, 0.1) is 23.7 Å². The molecule has 60 valence electrons. The minimum atomic E-state index is -0.0869. The Kier molecular flexibility index (Phi) is 2.11. The largest absolute Gasteiger partial charge is 0.398 e. The highest BCUT2D eigenvalue weighted by Gasteiger charge is 2.03. The van der Waals surface area contributed by atoms with Crippen LogP contribution in [-0.4, -0.2) is 5.71 Å². The van der Waals surface area contributed by atoms with Crippen LogP contribution < -0.4 is 5.73 Å². The number of nitrogens with two attached hydrogens (primary N) is 1. The van der Waals surface area contributed by atoms with Gasteiger partial charge in [0.15, 0.2) is 0 Å². The van der Waals surface area contributed by atoms with Crippen LogP contribution in [0.15, 0.2) is 18.2 Å². The average Bonchev–Trinajstić information content (AvgIpc) is 2.08. The van der Waals surface area contributed by atoms with Gasteiger partial charge in [-0.05, 0) is 19.1 Å². The lowest BCUT2D eigenvalue weighted by Crippen LogP contribution is -2.01. The number of aryl methyl sites for hydroxylation is 1. The molecule has 0 saturated carbocycles. The molecule has 0 radical (unpaired) electrons. The van der Waals surface area contributed by atoms with Gasteiger partial charge in [-0.3, -0.25) is 5.41 Å². The summed E-state index contributed by atoms with van der Waals surface area (Å²) in [7, 11) is 0. The predicted octanol–water partition coefficient (Wildman–Crippen LogP) is 1.47. The lowest BCUT2D eigenvalue weighted by Gasteiger charge is -2.01. The van der Waals surface area contributed by atoms with Crippen LogP contribution in [0.3, 0.4) is 0 Å². The standard InChI is InChI=1S/C9H9N3/c1-6-2-3-8(11)7(4-6)9(12)5-10/h2-4,12H,11H2,1H3. The van der Waals surface area contributed by atoms with E-state index >= 15 is 0 Å². The Hall–Kier alpha value is -1.82. The van der Waals surface area contributed by atoms with Gasteiger partial charge in [-0.1, -0.05) is 11.6 Å². The third-order valence-electron chi connectivity index (χ3n) is 1.59. The molecule has 0 aromatic heterocycles. The first kappa shape index (κ1) is 8.28. The molecule has 0 saturated heterocycles. The molecule has 0 unspecified atom stereocenters. The summed E-state index contributed by atoms with van der Waals surface area (Å²) in [6.45, 7) is 1.90. The van der Waals surface area contributed by atoms with Gasteiger partial charge in [0.2, 0.25) is 0 Å². The fourth-order valence-corrected chi connectivity index (χ4v) is 0.947. The SMILES string of the molecule is Cc1ccc(N)c(C(=N)C#N)c1. The number of nitrogens with one attached hydrogen (secondary N) is 1. The lowest BCUT2D eigenvalue weighted by molar-refractivity contribution is 1.42. The smallest absolute Gasteiger partial charge is 0.141 e. The summed E-state index contributed by atoms with van der Waals surface area (Å²) in [6, 6.07) is 7.05. The topological polar surface area (TPSA) is 73.7 Å². The first-order valence-electron chi connectivity index (χ1n) is 3.50. The van der Waals surface area contributed by atoms with E-state index in [2.05, 4.69) is 0 Å². The molecule has 0 bridgehead atoms. The monoisotopic (exact) mass is 159 g/mol. The normalized spacial score (nSPS) is 9.00. The molecule has 0 atom stereocenters. The van der Waals surface area contributed by atoms with Gasteiger partial charge in [0.1, 0.15) is 11.8 Å². The summed E-state index contributed by atoms with van der Waals surface area (Å²) in [5, 5.41) is 15.7. The van der Waals surface area contributed by atoms with Crippen LogP contribution in [0.5, 0.6) is 0 Å². The van der Waals surface area contributed by atoms with Crippen LogP contribution in [0.2, 0.25) is 0 Å². The van der Waals surface area contributed by atoms with Crippen LogP contribution in [-0.2, 0) is 0 Å². The maximum atomic E-state index is 8.47. The highest BCUT2D eigenvalue weighted by molar-refractivity contribution is 6.12. The van der Waals surface area contributed by atoms with Gasteiger partial charge in [-0.25, -0.2) is 0 Å². The van der Waals surface area contributed by atoms with Gasteiger partial charge in [0.25, 0.3) is 0 Å². The van der Waals surface area contributed by atoms with Gasteiger partial charge in [0, 0.05) is 11.3 Å². The second-order valence-corrected chi connectivity index (χ2v) is 2.58. The maximum absolute atomic E-state index is 8.47. The Morgan fingerprint density at radius 3 is 2.83 bits per heavy atom. The van der Waals surface area contributed by atoms with Crippen molar-refractivity contribution < 1.29 is 0 Å². The molecule has 0 fully saturated rings. The van der Waals surface area contributed by atoms with E-state index in [4.69, 9.17) is 16.4 Å². The van der Waals surface area contributed by atoms with Gasteiger partial charge in [-0.15, -0.1) is 0 Å². The Morgan fingerprint density at radius 2 is 2.25 bits per heavy atom. The number of nitriles is 1. The highest BCUT2D eigenvalue weighted by atomic mass is 14.6. The molecule has 1 aromatic rings.